The second kappa shape index (κ2) is 33.3. The van der Waals surface area contributed by atoms with E-state index in [2.05, 4.69) is 25.9 Å². The fraction of sp³-hybridized carbons (Fsp3) is 0.891. The fourth-order valence-corrected chi connectivity index (χ4v) is 8.65. The number of ether oxygens (including phenoxy) is 3. The molecule has 14 heteroatoms. The van der Waals surface area contributed by atoms with Crippen LogP contribution in [0.2, 0.25) is 0 Å². The van der Waals surface area contributed by atoms with Crippen molar-refractivity contribution in [3.63, 3.8) is 0 Å². The largest absolute Gasteiger partial charge is 0.461 e. The summed E-state index contributed by atoms with van der Waals surface area (Å²) < 4.78 is 25.3. The van der Waals surface area contributed by atoms with E-state index in [0.29, 0.717) is 31.5 Å². The third-order valence-electron chi connectivity index (χ3n) is 11.9. The monoisotopic (exact) mass is 909 g/mol. The van der Waals surface area contributed by atoms with Crippen LogP contribution in [0.5, 0.6) is 0 Å². The predicted octanol–water partition coefficient (Wildman–Crippen LogP) is 11.3. The van der Waals surface area contributed by atoms with Crippen LogP contribution in [0.1, 0.15) is 207 Å². The van der Waals surface area contributed by atoms with E-state index in [-0.39, 0.29) is 66.8 Å². The van der Waals surface area contributed by atoms with Gasteiger partial charge in [-0.05, 0) is 43.7 Å². The van der Waals surface area contributed by atoms with Crippen LogP contribution >= 0.6 is 30.5 Å². The Balaban J connectivity index is 0.000000420. The molecule has 11 nitrogen and oxygen atoms in total. The van der Waals surface area contributed by atoms with Gasteiger partial charge in [-0.3, -0.25) is 24.0 Å². The van der Waals surface area contributed by atoms with E-state index in [0.717, 1.165) is 51.4 Å². The predicted molar refractivity (Wildman–Crippen MR) is 244 cm³/mol. The van der Waals surface area contributed by atoms with Gasteiger partial charge in [-0.2, -0.15) is 0 Å². The normalized spacial score (nSPS) is 21.9. The van der Waals surface area contributed by atoms with Gasteiger partial charge in [-0.15, -0.1) is 0 Å². The summed E-state index contributed by atoms with van der Waals surface area (Å²) in [5, 5.41) is 8.77. The summed E-state index contributed by atoms with van der Waals surface area (Å²) in [6.45, 7) is 8.75. The number of rotatable bonds is 23. The van der Waals surface area contributed by atoms with Gasteiger partial charge in [0.25, 0.3) is 0 Å². The molecule has 2 saturated carbocycles. The Bertz CT molecular complexity index is 1200. The first-order chi connectivity index (χ1) is 28.7. The molecule has 0 spiro atoms. The molecular formula is C46H83ClO11P2. The second-order valence-corrected chi connectivity index (χ2v) is 19.4. The first-order valence-corrected chi connectivity index (χ1v) is 24.6. The van der Waals surface area contributed by atoms with Crippen LogP contribution < -0.4 is 0 Å². The number of hydrogen-bond donors (Lipinski definition) is 1. The lowest BCUT2D eigenvalue weighted by Crippen LogP contribution is -2.40. The number of aliphatic hydroxyl groups excluding tert-OH is 1. The molecule has 60 heavy (non-hydrogen) atoms. The summed E-state index contributed by atoms with van der Waals surface area (Å²) in [5.41, 5.74) is -1.71. The molecule has 0 aromatic rings. The van der Waals surface area contributed by atoms with Gasteiger partial charge in [0.2, 0.25) is 5.24 Å². The summed E-state index contributed by atoms with van der Waals surface area (Å²) in [6.07, 6.45) is 31.2. The Hall–Kier alpha value is -1.22. The molecule has 4 aliphatic rings. The lowest BCUT2D eigenvalue weighted by molar-refractivity contribution is -0.168. The lowest BCUT2D eigenvalue weighted by atomic mass is 9.88. The molecule has 1 N–H and O–H groups in total. The molecule has 2 saturated heterocycles. The molecule has 350 valence electrons. The number of cyclic esters (lactones) is 2. The number of aliphatic hydroxyl groups is 1. The van der Waals surface area contributed by atoms with Crippen LogP contribution in [0.4, 0.5) is 0 Å². The molecule has 2 heterocycles. The minimum absolute atomic E-state index is 0.0137. The molecule has 0 radical (unpaired) electrons. The van der Waals surface area contributed by atoms with E-state index in [1.807, 2.05) is 20.8 Å². The van der Waals surface area contributed by atoms with Crippen molar-refractivity contribution in [3.05, 3.63) is 0 Å². The summed E-state index contributed by atoms with van der Waals surface area (Å²) in [7, 11) is 4.20. The Kier molecular flexibility index (Phi) is 31.5. The molecule has 0 amide bonds. The van der Waals surface area contributed by atoms with Gasteiger partial charge in [0, 0.05) is 62.4 Å². The van der Waals surface area contributed by atoms with E-state index in [1.54, 1.807) is 0 Å². The highest BCUT2D eigenvalue weighted by Crippen LogP contribution is 2.31. The molecule has 2 aliphatic carbocycles. The number of esters is 3. The van der Waals surface area contributed by atoms with Crippen LogP contribution in [-0.4, -0.2) is 71.7 Å². The summed E-state index contributed by atoms with van der Waals surface area (Å²) in [5.74, 6) is -0.0616. The van der Waals surface area contributed by atoms with E-state index in [9.17, 15) is 24.0 Å². The summed E-state index contributed by atoms with van der Waals surface area (Å²) >= 11 is 5.32. The van der Waals surface area contributed by atoms with Crippen LogP contribution in [-0.2, 0) is 47.2 Å². The Morgan fingerprint density at radius 3 is 1.45 bits per heavy atom. The Morgan fingerprint density at radius 2 is 1.08 bits per heavy atom. The van der Waals surface area contributed by atoms with Gasteiger partial charge in [-0.25, -0.2) is 0 Å². The van der Waals surface area contributed by atoms with Gasteiger partial charge in [0.05, 0.1) is 25.7 Å². The van der Waals surface area contributed by atoms with E-state index < -0.39 is 11.2 Å². The lowest BCUT2D eigenvalue weighted by Gasteiger charge is -2.27. The molecule has 0 aromatic carbocycles. The molecule has 4 fully saturated rings. The molecule has 0 bridgehead atoms. The maximum Gasteiger partial charge on any atom is 0.309 e. The molecule has 0 aromatic heterocycles. The zero-order chi connectivity index (χ0) is 44.7. The number of unbranched alkanes of at least 4 members (excludes halogenated alkanes) is 12. The standard InChI is InChI=1S/C20H40O.C13H21O5P.C7H11ClO.C6H11O4P/c1-5-6-7-8-9-10-11-12-13-14-15-16-17-18-19(21)20(2,3)4;14-11-6-7-13(18-11,9-17-19)8-16-12(15)10-4-2-1-3-5-10;8-7(9)6-4-2-1-3-5-6;7-3-6(4-9-11)2-1-5(8)10-6/h5-18H2,1-4H3;10H,1-9,19H2;6H,1-5H2;7H,1-4,11H2. The Morgan fingerprint density at radius 1 is 0.667 bits per heavy atom. The SMILES string of the molecule is CCCCCCCCCCCCCCCC(=O)C(C)(C)C.O=C(Cl)C1CCCCC1.O=C1CCC(CO)(COP)O1.O=C1CCC(COP)(COC(=O)C2CCCCC2)O1. The molecular weight excluding hydrogens is 826 g/mol. The van der Waals surface area contributed by atoms with Gasteiger partial charge < -0.3 is 28.4 Å². The number of ketones is 1. The average Bonchev–Trinajstić information content (AvgIpc) is 3.81. The highest BCUT2D eigenvalue weighted by atomic mass is 35.5. The Labute approximate surface area is 372 Å². The molecule has 4 rings (SSSR count). The van der Waals surface area contributed by atoms with E-state index in [4.69, 9.17) is 40.0 Å². The van der Waals surface area contributed by atoms with Crippen molar-refractivity contribution in [2.24, 2.45) is 17.3 Å². The molecule has 2 aliphatic heterocycles. The van der Waals surface area contributed by atoms with Crippen LogP contribution in [0.3, 0.4) is 0 Å². The minimum Gasteiger partial charge on any atom is -0.461 e. The van der Waals surface area contributed by atoms with E-state index in [1.165, 1.54) is 103 Å². The van der Waals surface area contributed by atoms with E-state index >= 15 is 0 Å². The highest BCUT2D eigenvalue weighted by molar-refractivity contribution is 7.10. The summed E-state index contributed by atoms with van der Waals surface area (Å²) in [6, 6.07) is 0. The first-order valence-electron chi connectivity index (χ1n) is 23.2. The maximum absolute atomic E-state index is 12.0. The number of carbonyl (C=O) groups is 5. The van der Waals surface area contributed by atoms with Gasteiger partial charge in [-0.1, -0.05) is 143 Å². The van der Waals surface area contributed by atoms with Crippen molar-refractivity contribution in [3.8, 4) is 0 Å². The number of hydrogen-bond acceptors (Lipinski definition) is 11. The number of carbonyl (C=O) groups excluding carboxylic acids is 5. The van der Waals surface area contributed by atoms with Crippen LogP contribution in [0.25, 0.3) is 0 Å². The van der Waals surface area contributed by atoms with Crippen molar-refractivity contribution in [1.82, 2.24) is 0 Å². The summed E-state index contributed by atoms with van der Waals surface area (Å²) in [4.78, 5) is 56.3. The topological polar surface area (TPSA) is 152 Å². The van der Waals surface area contributed by atoms with Gasteiger partial charge in [0.1, 0.15) is 12.4 Å². The van der Waals surface area contributed by atoms with Crippen LogP contribution in [0.15, 0.2) is 0 Å². The minimum atomic E-state index is -0.789. The van der Waals surface area contributed by atoms with Crippen molar-refractivity contribution < 1.29 is 52.3 Å². The highest BCUT2D eigenvalue weighted by Gasteiger charge is 2.43. The second-order valence-electron chi connectivity index (χ2n) is 18.3. The average molecular weight is 910 g/mol. The zero-order valence-corrected chi connectivity index (χ0v) is 40.9. The molecule has 4 unspecified atom stereocenters. The van der Waals surface area contributed by atoms with Crippen molar-refractivity contribution >= 4 is 59.5 Å². The number of halogens is 1. The number of Topliss-reactive ketones (excluding diaryl/α,β-unsaturated/α-hetero) is 1. The quantitative estimate of drug-likeness (QED) is 0.0343. The van der Waals surface area contributed by atoms with Gasteiger partial charge >= 0.3 is 17.9 Å². The van der Waals surface area contributed by atoms with Crippen LogP contribution in [0, 0.1) is 17.3 Å². The first kappa shape index (κ1) is 56.8. The molecule has 4 atom stereocenters. The fourth-order valence-electron chi connectivity index (χ4n) is 7.82. The smallest absolute Gasteiger partial charge is 0.309 e. The van der Waals surface area contributed by atoms with Crippen molar-refractivity contribution in [2.45, 2.75) is 219 Å². The van der Waals surface area contributed by atoms with Gasteiger partial charge in [0.15, 0.2) is 11.2 Å². The third-order valence-corrected chi connectivity index (χ3v) is 12.5. The van der Waals surface area contributed by atoms with Crippen molar-refractivity contribution in [1.29, 1.82) is 0 Å². The van der Waals surface area contributed by atoms with Crippen molar-refractivity contribution in [2.75, 3.05) is 26.4 Å². The zero-order valence-electron chi connectivity index (χ0n) is 37.8. The maximum atomic E-state index is 12.0. The third kappa shape index (κ3) is 25.8.